The third-order valence-electron chi connectivity index (χ3n) is 4.05. The summed E-state index contributed by atoms with van der Waals surface area (Å²) < 4.78 is 7.11. The van der Waals surface area contributed by atoms with Crippen molar-refractivity contribution in [1.82, 2.24) is 14.9 Å². The van der Waals surface area contributed by atoms with Crippen molar-refractivity contribution in [3.05, 3.63) is 59.9 Å². The molecule has 0 saturated heterocycles. The van der Waals surface area contributed by atoms with Gasteiger partial charge in [0.15, 0.2) is 0 Å². The molecule has 0 bridgehead atoms. The van der Waals surface area contributed by atoms with Crippen molar-refractivity contribution in [3.63, 3.8) is 0 Å². The number of ether oxygens (including phenoxy) is 1. The predicted molar refractivity (Wildman–Crippen MR) is 94.1 cm³/mol. The van der Waals surface area contributed by atoms with Crippen molar-refractivity contribution in [3.8, 4) is 5.75 Å². The van der Waals surface area contributed by atoms with Gasteiger partial charge >= 0.3 is 0 Å². The van der Waals surface area contributed by atoms with Crippen LogP contribution in [0.3, 0.4) is 0 Å². The number of rotatable bonds is 6. The third kappa shape index (κ3) is 3.74. The summed E-state index contributed by atoms with van der Waals surface area (Å²) in [6.45, 7) is 0.618. The molecule has 1 aromatic heterocycles. The van der Waals surface area contributed by atoms with Gasteiger partial charge in [0.1, 0.15) is 5.75 Å². The van der Waals surface area contributed by atoms with E-state index in [1.807, 2.05) is 42.2 Å². The maximum atomic E-state index is 12.0. The number of carbonyl (C=O) groups is 1. The quantitative estimate of drug-likeness (QED) is 0.758. The van der Waals surface area contributed by atoms with Gasteiger partial charge in [0.2, 0.25) is 5.91 Å². The minimum absolute atomic E-state index is 0.0269. The first kappa shape index (κ1) is 16.1. The lowest BCUT2D eigenvalue weighted by molar-refractivity contribution is -0.120. The first-order valence-electron chi connectivity index (χ1n) is 7.95. The van der Waals surface area contributed by atoms with Gasteiger partial charge < -0.3 is 14.6 Å². The van der Waals surface area contributed by atoms with Crippen molar-refractivity contribution >= 4 is 16.9 Å². The van der Waals surface area contributed by atoms with Gasteiger partial charge in [-0.1, -0.05) is 18.2 Å². The molecule has 1 N–H and O–H groups in total. The Kier molecular flexibility index (Phi) is 4.79. The van der Waals surface area contributed by atoms with Crippen LogP contribution in [0.5, 0.6) is 5.75 Å². The first-order chi connectivity index (χ1) is 11.7. The number of fused-ring (bicyclic) bond motifs is 1. The van der Waals surface area contributed by atoms with E-state index >= 15 is 0 Å². The number of methoxy groups -OCH3 is 1. The second-order valence-electron chi connectivity index (χ2n) is 5.80. The van der Waals surface area contributed by atoms with E-state index in [0.717, 1.165) is 28.8 Å². The Labute approximate surface area is 141 Å². The van der Waals surface area contributed by atoms with E-state index in [2.05, 4.69) is 28.5 Å². The fraction of sp³-hybridized carbons (Fsp3) is 0.263. The first-order valence-corrected chi connectivity index (χ1v) is 7.95. The monoisotopic (exact) mass is 323 g/mol. The maximum Gasteiger partial charge on any atom is 0.224 e. The average molecular weight is 323 g/mol. The molecule has 0 unspecified atom stereocenters. The van der Waals surface area contributed by atoms with Crippen molar-refractivity contribution in [2.75, 3.05) is 13.7 Å². The van der Waals surface area contributed by atoms with Crippen molar-refractivity contribution in [2.24, 2.45) is 7.05 Å². The van der Waals surface area contributed by atoms with E-state index in [1.165, 1.54) is 5.56 Å². The minimum Gasteiger partial charge on any atom is -0.497 e. The standard InChI is InChI=1S/C19H21N3O2/c1-22-13-21-17-11-15(5-8-18(17)22)9-10-20-19(23)12-14-3-6-16(24-2)7-4-14/h3-8,11,13H,9-10,12H2,1-2H3,(H,20,23). The maximum absolute atomic E-state index is 12.0. The zero-order chi connectivity index (χ0) is 16.9. The molecule has 0 radical (unpaired) electrons. The molecule has 1 heterocycles. The molecule has 5 nitrogen and oxygen atoms in total. The van der Waals surface area contributed by atoms with E-state index in [-0.39, 0.29) is 5.91 Å². The summed E-state index contributed by atoms with van der Waals surface area (Å²) in [4.78, 5) is 16.4. The summed E-state index contributed by atoms with van der Waals surface area (Å²) in [5.41, 5.74) is 4.25. The Morgan fingerprint density at radius 2 is 1.92 bits per heavy atom. The van der Waals surface area contributed by atoms with E-state index in [9.17, 15) is 4.79 Å². The summed E-state index contributed by atoms with van der Waals surface area (Å²) in [6.07, 6.45) is 2.98. The molecule has 0 aliphatic heterocycles. The molecule has 0 spiro atoms. The Bertz CT molecular complexity index is 837. The number of aromatic nitrogens is 2. The molecule has 0 fully saturated rings. The van der Waals surface area contributed by atoms with Gasteiger partial charge in [0.05, 0.1) is 30.9 Å². The van der Waals surface area contributed by atoms with Crippen LogP contribution < -0.4 is 10.1 Å². The Morgan fingerprint density at radius 3 is 2.67 bits per heavy atom. The number of carbonyl (C=O) groups excluding carboxylic acids is 1. The van der Waals surface area contributed by atoms with E-state index in [0.29, 0.717) is 13.0 Å². The molecule has 1 amide bonds. The zero-order valence-electron chi connectivity index (χ0n) is 14.0. The fourth-order valence-corrected chi connectivity index (χ4v) is 2.67. The van der Waals surface area contributed by atoms with Gasteiger partial charge in [0, 0.05) is 13.6 Å². The molecule has 0 aliphatic rings. The second kappa shape index (κ2) is 7.17. The number of nitrogens with one attached hydrogen (secondary N) is 1. The van der Waals surface area contributed by atoms with Crippen LogP contribution in [-0.4, -0.2) is 29.1 Å². The lowest BCUT2D eigenvalue weighted by Crippen LogP contribution is -2.27. The van der Waals surface area contributed by atoms with Crippen LogP contribution in [0.15, 0.2) is 48.8 Å². The molecule has 2 aromatic carbocycles. The highest BCUT2D eigenvalue weighted by atomic mass is 16.5. The van der Waals surface area contributed by atoms with Gasteiger partial charge in [-0.3, -0.25) is 4.79 Å². The van der Waals surface area contributed by atoms with Crippen LogP contribution in [0.1, 0.15) is 11.1 Å². The summed E-state index contributed by atoms with van der Waals surface area (Å²) in [5.74, 6) is 0.822. The molecule has 3 rings (SSSR count). The molecule has 0 saturated carbocycles. The molecule has 24 heavy (non-hydrogen) atoms. The lowest BCUT2D eigenvalue weighted by Gasteiger charge is -2.07. The highest BCUT2D eigenvalue weighted by Gasteiger charge is 2.05. The molecular formula is C19H21N3O2. The summed E-state index contributed by atoms with van der Waals surface area (Å²) in [6, 6.07) is 13.8. The number of imidazole rings is 1. The van der Waals surface area contributed by atoms with Gasteiger partial charge in [-0.05, 0) is 41.8 Å². The fourth-order valence-electron chi connectivity index (χ4n) is 2.67. The van der Waals surface area contributed by atoms with Crippen LogP contribution in [0.4, 0.5) is 0 Å². The predicted octanol–water partition coefficient (Wildman–Crippen LogP) is 2.48. The van der Waals surface area contributed by atoms with Crippen LogP contribution >= 0.6 is 0 Å². The summed E-state index contributed by atoms with van der Waals surface area (Å²) in [5, 5.41) is 2.97. The second-order valence-corrected chi connectivity index (χ2v) is 5.80. The highest BCUT2D eigenvalue weighted by molar-refractivity contribution is 5.78. The number of benzene rings is 2. The van der Waals surface area contributed by atoms with Gasteiger partial charge in [-0.25, -0.2) is 4.98 Å². The number of amides is 1. The van der Waals surface area contributed by atoms with Crippen LogP contribution in [0.25, 0.3) is 11.0 Å². The Morgan fingerprint density at radius 1 is 1.17 bits per heavy atom. The topological polar surface area (TPSA) is 56.1 Å². The highest BCUT2D eigenvalue weighted by Crippen LogP contribution is 2.14. The minimum atomic E-state index is 0.0269. The third-order valence-corrected chi connectivity index (χ3v) is 4.05. The van der Waals surface area contributed by atoms with Crippen LogP contribution in [-0.2, 0) is 24.7 Å². The number of nitrogens with zero attached hydrogens (tertiary/aromatic N) is 2. The molecule has 5 heteroatoms. The van der Waals surface area contributed by atoms with Crippen LogP contribution in [0, 0.1) is 0 Å². The zero-order valence-corrected chi connectivity index (χ0v) is 14.0. The van der Waals surface area contributed by atoms with Gasteiger partial charge in [-0.2, -0.15) is 0 Å². The van der Waals surface area contributed by atoms with Crippen molar-refractivity contribution in [1.29, 1.82) is 0 Å². The molecule has 124 valence electrons. The molecule has 3 aromatic rings. The average Bonchev–Trinajstić information content (AvgIpc) is 2.96. The largest absolute Gasteiger partial charge is 0.497 e. The SMILES string of the molecule is COc1ccc(CC(=O)NCCc2ccc3c(c2)ncn3C)cc1. The number of hydrogen-bond donors (Lipinski definition) is 1. The van der Waals surface area contributed by atoms with E-state index < -0.39 is 0 Å². The van der Waals surface area contributed by atoms with Crippen molar-refractivity contribution in [2.45, 2.75) is 12.8 Å². The summed E-state index contributed by atoms with van der Waals surface area (Å²) in [7, 11) is 3.61. The number of hydrogen-bond acceptors (Lipinski definition) is 3. The van der Waals surface area contributed by atoms with Gasteiger partial charge in [-0.15, -0.1) is 0 Å². The number of aryl methyl sites for hydroxylation is 1. The normalized spacial score (nSPS) is 10.8. The van der Waals surface area contributed by atoms with Crippen molar-refractivity contribution < 1.29 is 9.53 Å². The van der Waals surface area contributed by atoms with E-state index in [4.69, 9.17) is 4.74 Å². The molecule has 0 atom stereocenters. The Hall–Kier alpha value is -2.82. The molecular weight excluding hydrogens is 302 g/mol. The van der Waals surface area contributed by atoms with Gasteiger partial charge in [0.25, 0.3) is 0 Å². The smallest absolute Gasteiger partial charge is 0.224 e. The summed E-state index contributed by atoms with van der Waals surface area (Å²) >= 11 is 0. The lowest BCUT2D eigenvalue weighted by atomic mass is 10.1. The van der Waals surface area contributed by atoms with E-state index in [1.54, 1.807) is 7.11 Å². The molecule has 0 aliphatic carbocycles. The Balaban J connectivity index is 1.50. The van der Waals surface area contributed by atoms with Crippen LogP contribution in [0.2, 0.25) is 0 Å².